The molecule has 0 saturated carbocycles. The summed E-state index contributed by atoms with van der Waals surface area (Å²) in [4.78, 5) is 109. The number of carbonyl (C=O) groups is 8. The number of rotatable bonds is 14. The maximum absolute atomic E-state index is 14.2. The van der Waals surface area contributed by atoms with E-state index >= 15 is 0 Å². The van der Waals surface area contributed by atoms with Crippen molar-refractivity contribution in [2.75, 3.05) is 48.3 Å². The van der Waals surface area contributed by atoms with E-state index in [9.17, 15) is 48.6 Å². The molecule has 8 bridgehead atoms. The van der Waals surface area contributed by atoms with E-state index in [1.165, 1.54) is 52.3 Å². The van der Waals surface area contributed by atoms with Crippen molar-refractivity contribution < 1.29 is 95.9 Å². The lowest BCUT2D eigenvalue weighted by molar-refractivity contribution is -0.162. The van der Waals surface area contributed by atoms with Gasteiger partial charge in [-0.05, 0) is 94.5 Å². The van der Waals surface area contributed by atoms with E-state index in [1.807, 2.05) is 50.3 Å². The van der Waals surface area contributed by atoms with E-state index in [4.69, 9.17) is 70.6 Å². The molecule has 2 aliphatic carbocycles. The van der Waals surface area contributed by atoms with Gasteiger partial charge >= 0.3 is 24.1 Å². The number of allylic oxidation sites excluding steroid dienone is 6. The van der Waals surface area contributed by atoms with Crippen molar-refractivity contribution in [2.45, 2.75) is 235 Å². The number of aliphatic hydroxyl groups is 2. The van der Waals surface area contributed by atoms with Gasteiger partial charge in [-0.25, -0.2) is 19.2 Å². The first-order chi connectivity index (χ1) is 47.6. The van der Waals surface area contributed by atoms with Crippen molar-refractivity contribution in [1.82, 2.24) is 20.4 Å². The first-order valence-corrected chi connectivity index (χ1v) is 36.0. The molecule has 8 rings (SSSR count). The van der Waals surface area contributed by atoms with Crippen LogP contribution in [0.4, 0.5) is 9.59 Å². The summed E-state index contributed by atoms with van der Waals surface area (Å²) >= 11 is 22.1. The highest BCUT2D eigenvalue weighted by molar-refractivity contribution is 7.81. The van der Waals surface area contributed by atoms with Crippen LogP contribution in [-0.4, -0.2) is 204 Å². The van der Waals surface area contributed by atoms with Crippen LogP contribution in [0, 0.1) is 11.8 Å². The zero-order valence-corrected chi connectivity index (χ0v) is 64.8. The predicted molar refractivity (Wildman–Crippen MR) is 388 cm³/mol. The van der Waals surface area contributed by atoms with Crippen molar-refractivity contribution in [3.8, 4) is 11.5 Å². The predicted octanol–water partition coefficient (Wildman–Crippen LogP) is 9.87. The van der Waals surface area contributed by atoms with Crippen LogP contribution in [-0.2, 0) is 79.5 Å². The van der Waals surface area contributed by atoms with E-state index in [2.05, 4.69) is 35.9 Å². The van der Waals surface area contributed by atoms with Crippen LogP contribution in [0.1, 0.15) is 156 Å². The van der Waals surface area contributed by atoms with Crippen LogP contribution < -0.4 is 20.1 Å². The molecule has 2 aromatic rings. The van der Waals surface area contributed by atoms with E-state index in [-0.39, 0.29) is 61.9 Å². The van der Waals surface area contributed by atoms with Crippen LogP contribution in [0.25, 0.3) is 0 Å². The minimum atomic E-state index is -1.82. The minimum Gasteiger partial charge on any atom is -0.495 e. The fourth-order valence-corrected chi connectivity index (χ4v) is 14.7. The molecule has 102 heavy (non-hydrogen) atoms. The smallest absolute Gasteiger partial charge is 0.409 e. The summed E-state index contributed by atoms with van der Waals surface area (Å²) in [7, 11) is 8.90. The summed E-state index contributed by atoms with van der Waals surface area (Å²) in [5.41, 5.74) is -1.31. The van der Waals surface area contributed by atoms with Gasteiger partial charge in [0.2, 0.25) is 11.8 Å². The molecule has 24 nitrogen and oxygen atoms in total. The Labute approximate surface area is 619 Å². The minimum absolute atomic E-state index is 0.0407. The number of ether oxygens (including phenoxy) is 10. The normalized spacial score (nSPS) is 33.5. The lowest BCUT2D eigenvalue weighted by atomic mass is 9.82. The molecule has 4 saturated heterocycles. The average Bonchev–Trinajstić information content (AvgIpc) is 1.58. The molecule has 0 radical (unpaired) electrons. The number of ketones is 2. The summed E-state index contributed by atoms with van der Waals surface area (Å²) in [5.74, 6) is -3.89. The van der Waals surface area contributed by atoms with Gasteiger partial charge in [0.15, 0.2) is 11.4 Å². The largest absolute Gasteiger partial charge is 0.495 e. The standard InChI is InChI=1S/C38H53ClN2O10S.C36H49ClN2O10S/c1-20-12-11-13-29(48-10)38(46)18-28(49-35(45)40-38)22(3)33-37(7,51-33)30(50-34(44)23(4)41(8)31(43)19-36(5,6)52)17-26(42)21(2)25-15-24(14-20)16-27(47-9)32(25)39;1-19-10-9-11-28(46-8)36(44)18-27(47-34(43)38-36)21(3)32-35(5,49-32)29(48-33(42)22(4)39(6)30(41)12-13-50)17-25(40)20(2)24-15-23(14-19)16-26(45-7)31(24)37/h11-13,15-16,21-23,28-30,33,46,52H,14,17-19H2,1-10H3,(H,40,45);9-11,15-16,20-22,27-29,32,44,50H,12-14,17-18H2,1-8H3,(H,38,43)/b13-11+,20-12+;11-9+,19-10+/t21?,22-,23+,28+,29-,30+,33+,37+,38+;20?,21-,22+,27+,28-,29+,32+,35+,36+/m11/s1. The molecule has 18 atom stereocenters. The summed E-state index contributed by atoms with van der Waals surface area (Å²) in [6.07, 6.45) is 2.54. The second-order valence-corrected chi connectivity index (χ2v) is 31.3. The number of carbonyl (C=O) groups excluding carboxylic acids is 8. The van der Waals surface area contributed by atoms with Gasteiger partial charge in [0.05, 0.1) is 36.5 Å². The number of esters is 2. The number of likely N-dealkylation sites (N-methyl/N-ethyl adjacent to an activating group) is 2. The molecule has 4 aliphatic heterocycles. The molecule has 2 unspecified atom stereocenters. The number of alkyl carbamates (subject to hydrolysis) is 2. The number of fused-ring (bicyclic) bond motifs is 10. The Kier molecular flexibility index (Phi) is 27.6. The first kappa shape index (κ1) is 83.1. The molecule has 4 fully saturated rings. The van der Waals surface area contributed by atoms with Crippen LogP contribution in [0.2, 0.25) is 10.0 Å². The zero-order chi connectivity index (χ0) is 76.1. The Morgan fingerprint density at radius 3 is 1.37 bits per heavy atom. The Balaban J connectivity index is 0.000000286. The van der Waals surface area contributed by atoms with Crippen molar-refractivity contribution >= 4 is 96.0 Å². The summed E-state index contributed by atoms with van der Waals surface area (Å²) in [5, 5.41) is 29.0. The van der Waals surface area contributed by atoms with Gasteiger partial charge in [-0.2, -0.15) is 25.3 Å². The van der Waals surface area contributed by atoms with Gasteiger partial charge in [0.25, 0.3) is 0 Å². The molecule has 2 aromatic carbocycles. The number of epoxide rings is 2. The van der Waals surface area contributed by atoms with E-state index in [0.717, 1.165) is 22.3 Å². The third kappa shape index (κ3) is 19.4. The van der Waals surface area contributed by atoms with E-state index < -0.39 is 136 Å². The number of hydrogen-bond acceptors (Lipinski definition) is 22. The lowest BCUT2D eigenvalue weighted by Crippen LogP contribution is -2.63. The summed E-state index contributed by atoms with van der Waals surface area (Å²) in [6, 6.07) is 5.41. The second-order valence-electron chi connectivity index (χ2n) is 28.9. The SMILES string of the molecule is COc1cc2cc(c1Cl)C(C)C(=O)C[C@H](OC(=O)[C@H](C)N(C)C(=O)CC(C)(C)S)[C@]1(C)O[C@H]1[C@H](C)[C@@H]1C[C@@](O)(NC(=O)O1)[C@H](OC)/C=C/C=C(\C)C2.COc1cc2cc(c1Cl)C(C)C(=O)C[C@H](OC(=O)[C@H](C)N(C)C(=O)CCS)[C@]1(C)O[C@H]1[C@H](C)[C@@H]1C[C@@](O)(NC(=O)O1)[C@H](OC)/C=C/C=C(\C)C2. The number of Topliss-reactive ketones (excluding diaryl/α,β-unsaturated/α-hetero) is 2. The van der Waals surface area contributed by atoms with Gasteiger partial charge in [0, 0.05) is 95.3 Å². The van der Waals surface area contributed by atoms with Crippen LogP contribution in [0.3, 0.4) is 0 Å². The molecule has 28 heteroatoms. The highest BCUT2D eigenvalue weighted by Crippen LogP contribution is 2.52. The van der Waals surface area contributed by atoms with Gasteiger partial charge < -0.3 is 67.4 Å². The van der Waals surface area contributed by atoms with Gasteiger partial charge in [-0.15, -0.1) is 0 Å². The molecule has 4 N–H and O–H groups in total. The molecule has 0 aromatic heterocycles. The van der Waals surface area contributed by atoms with Crippen LogP contribution in [0.15, 0.2) is 71.9 Å². The highest BCUT2D eigenvalue weighted by Gasteiger charge is 2.66. The Morgan fingerprint density at radius 2 is 1.03 bits per heavy atom. The number of benzene rings is 2. The maximum atomic E-state index is 14.2. The quantitative estimate of drug-likeness (QED) is 0.0443. The van der Waals surface area contributed by atoms with Crippen molar-refractivity contribution in [3.05, 3.63) is 104 Å². The molecule has 4 amide bonds. The average molecular weight is 1500 g/mol. The van der Waals surface area contributed by atoms with Crippen molar-refractivity contribution in [2.24, 2.45) is 11.8 Å². The molecule has 4 heterocycles. The number of nitrogens with zero attached hydrogens (tertiary/aromatic N) is 2. The summed E-state index contributed by atoms with van der Waals surface area (Å²) < 4.78 is 57.8. The van der Waals surface area contributed by atoms with Gasteiger partial charge in [-0.3, -0.25) is 29.8 Å². The Morgan fingerprint density at radius 1 is 0.657 bits per heavy atom. The first-order valence-electron chi connectivity index (χ1n) is 34.2. The molecule has 6 aliphatic rings. The number of methoxy groups -OCH3 is 4. The maximum Gasteiger partial charge on any atom is 0.409 e. The Bertz CT molecular complexity index is 3600. The number of nitrogens with one attached hydrogen (secondary N) is 2. The number of amides is 4. The van der Waals surface area contributed by atoms with Crippen molar-refractivity contribution in [3.63, 3.8) is 0 Å². The Hall–Kier alpha value is -6.20. The van der Waals surface area contributed by atoms with Crippen LogP contribution in [0.5, 0.6) is 11.5 Å². The lowest BCUT2D eigenvalue weighted by Gasteiger charge is -2.42. The molecular weight excluding hydrogens is 1400 g/mol. The van der Waals surface area contributed by atoms with E-state index in [1.54, 1.807) is 93.5 Å². The second kappa shape index (κ2) is 33.9. The molecule has 0 spiro atoms. The number of thiol groups is 2. The molecule has 564 valence electrons. The van der Waals surface area contributed by atoms with Crippen LogP contribution >= 0.6 is 48.5 Å². The fourth-order valence-electron chi connectivity index (χ4n) is 13.6. The fraction of sp³-hybridized carbons (Fsp3) is 0.622. The van der Waals surface area contributed by atoms with Gasteiger partial charge in [-0.1, -0.05) is 124 Å². The zero-order valence-electron chi connectivity index (χ0n) is 61.5. The highest BCUT2D eigenvalue weighted by atomic mass is 35.5. The van der Waals surface area contributed by atoms with Gasteiger partial charge in [0.1, 0.15) is 83.0 Å². The molecular formula is C74H102Cl2N4O20S2. The monoisotopic (exact) mass is 1500 g/mol. The third-order valence-corrected chi connectivity index (χ3v) is 21.7. The topological polar surface area (TPSA) is 306 Å². The van der Waals surface area contributed by atoms with E-state index in [0.29, 0.717) is 51.3 Å². The summed E-state index contributed by atoms with van der Waals surface area (Å²) in [6.45, 7) is 21.1. The van der Waals surface area contributed by atoms with Crippen molar-refractivity contribution in [1.29, 1.82) is 0 Å². The number of halogens is 2. The third-order valence-electron chi connectivity index (χ3n) is 20.5. The number of hydrogen-bond donors (Lipinski definition) is 6.